The molecule has 1 aromatic heterocycles. The summed E-state index contributed by atoms with van der Waals surface area (Å²) in [5.41, 5.74) is 8.90. The van der Waals surface area contributed by atoms with E-state index >= 15 is 0 Å². The van der Waals surface area contributed by atoms with Crippen molar-refractivity contribution in [3.8, 4) is 0 Å². The van der Waals surface area contributed by atoms with E-state index in [1.54, 1.807) is 6.20 Å². The molecule has 0 atom stereocenters. The van der Waals surface area contributed by atoms with Gasteiger partial charge < -0.3 is 11.1 Å². The monoisotopic (exact) mass is 213 g/mol. The number of rotatable bonds is 3. The van der Waals surface area contributed by atoms with Crippen molar-refractivity contribution in [2.45, 2.75) is 13.5 Å². The van der Waals surface area contributed by atoms with Crippen molar-refractivity contribution in [2.75, 3.05) is 11.1 Å². The van der Waals surface area contributed by atoms with Crippen LogP contribution in [0.2, 0.25) is 0 Å². The summed E-state index contributed by atoms with van der Waals surface area (Å²) >= 11 is 0. The molecule has 16 heavy (non-hydrogen) atoms. The van der Waals surface area contributed by atoms with E-state index in [1.165, 1.54) is 5.56 Å². The van der Waals surface area contributed by atoms with E-state index in [0.29, 0.717) is 0 Å². The predicted molar refractivity (Wildman–Crippen MR) is 67.2 cm³/mol. The second kappa shape index (κ2) is 4.66. The molecule has 0 fully saturated rings. The van der Waals surface area contributed by atoms with Gasteiger partial charge in [0.1, 0.15) is 5.82 Å². The first kappa shape index (κ1) is 10.5. The molecule has 1 aromatic carbocycles. The van der Waals surface area contributed by atoms with E-state index in [-0.39, 0.29) is 0 Å². The van der Waals surface area contributed by atoms with Crippen molar-refractivity contribution >= 4 is 11.5 Å². The average Bonchev–Trinajstić information content (AvgIpc) is 2.32. The highest BCUT2D eigenvalue weighted by Gasteiger charge is 2.01. The lowest BCUT2D eigenvalue weighted by Gasteiger charge is -2.09. The van der Waals surface area contributed by atoms with E-state index in [0.717, 1.165) is 23.6 Å². The van der Waals surface area contributed by atoms with Crippen molar-refractivity contribution < 1.29 is 0 Å². The van der Waals surface area contributed by atoms with Crippen molar-refractivity contribution in [1.82, 2.24) is 4.98 Å². The molecule has 1 heterocycles. The largest absolute Gasteiger partial charge is 0.396 e. The molecule has 0 spiro atoms. The number of nitrogens with two attached hydrogens (primary N) is 1. The number of nitrogens with zero attached hydrogens (tertiary/aromatic N) is 1. The maximum atomic E-state index is 5.92. The first-order valence-electron chi connectivity index (χ1n) is 5.26. The highest BCUT2D eigenvalue weighted by molar-refractivity contribution is 5.64. The molecule has 0 radical (unpaired) electrons. The third-order valence-electron chi connectivity index (χ3n) is 2.51. The van der Waals surface area contributed by atoms with E-state index in [2.05, 4.69) is 22.4 Å². The van der Waals surface area contributed by atoms with Crippen molar-refractivity contribution in [1.29, 1.82) is 0 Å². The first-order valence-corrected chi connectivity index (χ1v) is 5.26. The number of hydrogen-bond donors (Lipinski definition) is 2. The molecule has 0 aliphatic rings. The van der Waals surface area contributed by atoms with E-state index in [1.807, 2.05) is 31.2 Å². The number of nitrogen functional groups attached to an aromatic ring is 1. The van der Waals surface area contributed by atoms with Crippen molar-refractivity contribution in [2.24, 2.45) is 0 Å². The quantitative estimate of drug-likeness (QED) is 0.824. The lowest BCUT2D eigenvalue weighted by atomic mass is 10.2. The van der Waals surface area contributed by atoms with Gasteiger partial charge in [-0.2, -0.15) is 0 Å². The minimum Gasteiger partial charge on any atom is -0.396 e. The Kier molecular flexibility index (Phi) is 3.05. The van der Waals surface area contributed by atoms with Gasteiger partial charge in [0.15, 0.2) is 0 Å². The van der Waals surface area contributed by atoms with Crippen LogP contribution in [-0.4, -0.2) is 4.98 Å². The van der Waals surface area contributed by atoms with Crippen LogP contribution < -0.4 is 11.1 Å². The van der Waals surface area contributed by atoms with Crippen LogP contribution in [0.15, 0.2) is 42.6 Å². The summed E-state index contributed by atoms with van der Waals surface area (Å²) < 4.78 is 0. The third kappa shape index (κ3) is 2.31. The zero-order valence-corrected chi connectivity index (χ0v) is 9.27. The Hall–Kier alpha value is -2.03. The zero-order valence-electron chi connectivity index (χ0n) is 9.27. The summed E-state index contributed by atoms with van der Waals surface area (Å²) in [4.78, 5) is 4.22. The smallest absolute Gasteiger partial charge is 0.149 e. The molecule has 0 aliphatic carbocycles. The molecule has 3 heteroatoms. The molecule has 0 amide bonds. The number of nitrogens with one attached hydrogen (secondary N) is 1. The number of anilines is 2. The average molecular weight is 213 g/mol. The van der Waals surface area contributed by atoms with Crippen LogP contribution in [0.25, 0.3) is 0 Å². The topological polar surface area (TPSA) is 50.9 Å². The Morgan fingerprint density at radius 1 is 1.19 bits per heavy atom. The first-order chi connectivity index (χ1) is 7.77. The molecular weight excluding hydrogens is 198 g/mol. The van der Waals surface area contributed by atoms with Gasteiger partial charge in [-0.25, -0.2) is 4.98 Å². The maximum absolute atomic E-state index is 5.92. The Balaban J connectivity index is 2.08. The second-order valence-corrected chi connectivity index (χ2v) is 3.73. The summed E-state index contributed by atoms with van der Waals surface area (Å²) in [6.07, 6.45) is 1.76. The van der Waals surface area contributed by atoms with Crippen LogP contribution in [0.3, 0.4) is 0 Å². The Morgan fingerprint density at radius 2 is 1.94 bits per heavy atom. The van der Waals surface area contributed by atoms with Crippen LogP contribution in [0, 0.1) is 6.92 Å². The highest BCUT2D eigenvalue weighted by atomic mass is 15.0. The van der Waals surface area contributed by atoms with Gasteiger partial charge in [-0.1, -0.05) is 30.3 Å². The molecular formula is C13H15N3. The standard InChI is InChI=1S/C13H15N3/c1-10-7-8-15-13(12(10)14)16-9-11-5-3-2-4-6-11/h2-8H,9,14H2,1H3,(H,15,16). The molecule has 0 saturated carbocycles. The number of aryl methyl sites for hydroxylation is 1. The Bertz CT molecular complexity index is 466. The number of benzene rings is 1. The van der Waals surface area contributed by atoms with Crippen LogP contribution >= 0.6 is 0 Å². The number of aromatic nitrogens is 1. The van der Waals surface area contributed by atoms with Gasteiger partial charge in [0, 0.05) is 12.7 Å². The zero-order chi connectivity index (χ0) is 11.4. The van der Waals surface area contributed by atoms with Gasteiger partial charge >= 0.3 is 0 Å². The third-order valence-corrected chi connectivity index (χ3v) is 2.51. The minimum atomic E-state index is 0.721. The lowest BCUT2D eigenvalue weighted by Crippen LogP contribution is -2.05. The number of pyridine rings is 1. The van der Waals surface area contributed by atoms with Gasteiger partial charge in [-0.3, -0.25) is 0 Å². The highest BCUT2D eigenvalue weighted by Crippen LogP contribution is 2.19. The van der Waals surface area contributed by atoms with Crippen molar-refractivity contribution in [3.63, 3.8) is 0 Å². The lowest BCUT2D eigenvalue weighted by molar-refractivity contribution is 1.11. The van der Waals surface area contributed by atoms with Gasteiger partial charge in [-0.05, 0) is 24.1 Å². The summed E-state index contributed by atoms with van der Waals surface area (Å²) in [6, 6.07) is 12.1. The van der Waals surface area contributed by atoms with Crippen LogP contribution in [0.5, 0.6) is 0 Å². The van der Waals surface area contributed by atoms with Crippen molar-refractivity contribution in [3.05, 3.63) is 53.7 Å². The molecule has 3 nitrogen and oxygen atoms in total. The Labute approximate surface area is 95.3 Å². The Morgan fingerprint density at radius 3 is 2.69 bits per heavy atom. The number of hydrogen-bond acceptors (Lipinski definition) is 3. The van der Waals surface area contributed by atoms with Gasteiger partial charge in [0.05, 0.1) is 5.69 Å². The van der Waals surface area contributed by atoms with Gasteiger partial charge in [0.2, 0.25) is 0 Å². The predicted octanol–water partition coefficient (Wildman–Crippen LogP) is 2.58. The van der Waals surface area contributed by atoms with Gasteiger partial charge in [-0.15, -0.1) is 0 Å². The van der Waals surface area contributed by atoms with Crippen LogP contribution in [-0.2, 0) is 6.54 Å². The molecule has 2 rings (SSSR count). The van der Waals surface area contributed by atoms with Gasteiger partial charge in [0.25, 0.3) is 0 Å². The van der Waals surface area contributed by atoms with E-state index in [9.17, 15) is 0 Å². The molecule has 82 valence electrons. The molecule has 0 aliphatic heterocycles. The SMILES string of the molecule is Cc1ccnc(NCc2ccccc2)c1N. The summed E-state index contributed by atoms with van der Waals surface area (Å²) in [5.74, 6) is 0.754. The summed E-state index contributed by atoms with van der Waals surface area (Å²) in [5, 5.41) is 3.23. The van der Waals surface area contributed by atoms with E-state index in [4.69, 9.17) is 5.73 Å². The fourth-order valence-corrected chi connectivity index (χ4v) is 1.49. The fourth-order valence-electron chi connectivity index (χ4n) is 1.49. The summed E-state index contributed by atoms with van der Waals surface area (Å²) in [7, 11) is 0. The van der Waals surface area contributed by atoms with Crippen LogP contribution in [0.1, 0.15) is 11.1 Å². The van der Waals surface area contributed by atoms with E-state index < -0.39 is 0 Å². The van der Waals surface area contributed by atoms with Crippen LogP contribution in [0.4, 0.5) is 11.5 Å². The summed E-state index contributed by atoms with van der Waals surface area (Å²) in [6.45, 7) is 2.71. The second-order valence-electron chi connectivity index (χ2n) is 3.73. The molecule has 0 unspecified atom stereocenters. The maximum Gasteiger partial charge on any atom is 0.149 e. The minimum absolute atomic E-state index is 0.721. The molecule has 0 bridgehead atoms. The molecule has 2 aromatic rings. The normalized spacial score (nSPS) is 10.1. The molecule has 0 saturated heterocycles. The molecule has 3 N–H and O–H groups in total. The fraction of sp³-hybridized carbons (Fsp3) is 0.154.